The fourth-order valence-corrected chi connectivity index (χ4v) is 2.39. The van der Waals surface area contributed by atoms with Crippen LogP contribution in [0.15, 0.2) is 15.8 Å². The first-order valence-electron chi connectivity index (χ1n) is 7.48. The molecule has 0 radical (unpaired) electrons. The van der Waals surface area contributed by atoms with Gasteiger partial charge in [0.25, 0.3) is 5.56 Å². The molecule has 2 aromatic rings. The monoisotopic (exact) mass is 319 g/mol. The van der Waals surface area contributed by atoms with E-state index < -0.39 is 11.2 Å². The second-order valence-corrected chi connectivity index (χ2v) is 5.41. The fourth-order valence-electron chi connectivity index (χ4n) is 2.39. The van der Waals surface area contributed by atoms with E-state index in [9.17, 15) is 14.4 Å². The largest absolute Gasteiger partial charge is 0.383 e. The van der Waals surface area contributed by atoms with Crippen LogP contribution in [0.4, 0.5) is 11.4 Å². The smallest absolute Gasteiger partial charge is 0.332 e. The lowest BCUT2D eigenvalue weighted by Crippen LogP contribution is -2.37. The van der Waals surface area contributed by atoms with Crippen LogP contribution in [0.1, 0.15) is 26.7 Å². The molecule has 1 amide bonds. The van der Waals surface area contributed by atoms with Crippen molar-refractivity contribution in [2.75, 3.05) is 17.2 Å². The summed E-state index contributed by atoms with van der Waals surface area (Å²) in [5, 5.41) is 6.16. The van der Waals surface area contributed by atoms with Crippen molar-refractivity contribution in [3.63, 3.8) is 0 Å². The van der Waals surface area contributed by atoms with Crippen LogP contribution in [-0.4, -0.2) is 26.6 Å². The molecule has 2 N–H and O–H groups in total. The van der Waals surface area contributed by atoms with E-state index in [1.807, 2.05) is 0 Å². The Bertz CT molecular complexity index is 866. The van der Waals surface area contributed by atoms with E-state index in [1.54, 1.807) is 7.05 Å². The van der Waals surface area contributed by atoms with Gasteiger partial charge < -0.3 is 10.6 Å². The third-order valence-corrected chi connectivity index (χ3v) is 3.61. The van der Waals surface area contributed by atoms with Crippen molar-refractivity contribution >= 4 is 28.3 Å². The number of unbranched alkanes of at least 4 members (excludes halogenated alkanes) is 1. The molecule has 0 atom stereocenters. The molecule has 0 saturated carbocycles. The summed E-state index contributed by atoms with van der Waals surface area (Å²) in [6, 6.07) is 0. The van der Waals surface area contributed by atoms with E-state index in [0.717, 1.165) is 17.4 Å². The number of fused-ring (bicyclic) bond motifs is 1. The van der Waals surface area contributed by atoms with Gasteiger partial charge in [0.15, 0.2) is 5.65 Å². The second kappa shape index (κ2) is 6.64. The summed E-state index contributed by atoms with van der Waals surface area (Å²) in [4.78, 5) is 40.2. The van der Waals surface area contributed by atoms with Crippen molar-refractivity contribution in [2.24, 2.45) is 14.1 Å². The zero-order valence-electron chi connectivity index (χ0n) is 13.8. The standard InChI is InChI=1S/C15H21N5O3/c1-5-6-7-16-12-10(18-9(2)21)8-17-13-11(12)14(22)20(4)15(23)19(13)3/h8H,5-7H2,1-4H3,(H,16,17)(H,18,21). The maximum atomic E-state index is 12.5. The minimum atomic E-state index is -0.443. The molecular formula is C15H21N5O3. The maximum absolute atomic E-state index is 12.5. The van der Waals surface area contributed by atoms with Crippen molar-refractivity contribution < 1.29 is 4.79 Å². The van der Waals surface area contributed by atoms with Gasteiger partial charge in [-0.1, -0.05) is 13.3 Å². The second-order valence-electron chi connectivity index (χ2n) is 5.41. The number of amides is 1. The summed E-state index contributed by atoms with van der Waals surface area (Å²) in [6.07, 6.45) is 3.36. The summed E-state index contributed by atoms with van der Waals surface area (Å²) >= 11 is 0. The Labute approximate surface area is 133 Å². The lowest BCUT2D eigenvalue weighted by atomic mass is 10.2. The number of hydrogen-bond acceptors (Lipinski definition) is 5. The van der Waals surface area contributed by atoms with E-state index in [2.05, 4.69) is 22.5 Å². The quantitative estimate of drug-likeness (QED) is 0.795. The first-order valence-corrected chi connectivity index (χ1v) is 7.48. The lowest BCUT2D eigenvalue weighted by molar-refractivity contribution is -0.114. The number of anilines is 2. The molecule has 2 heterocycles. The molecule has 2 aromatic heterocycles. The first-order chi connectivity index (χ1) is 10.9. The van der Waals surface area contributed by atoms with Crippen LogP contribution in [0.3, 0.4) is 0 Å². The third kappa shape index (κ3) is 3.10. The predicted octanol–water partition coefficient (Wildman–Crippen LogP) is 0.803. The van der Waals surface area contributed by atoms with Gasteiger partial charge in [-0.15, -0.1) is 0 Å². The van der Waals surface area contributed by atoms with Crippen LogP contribution >= 0.6 is 0 Å². The van der Waals surface area contributed by atoms with E-state index in [1.165, 1.54) is 24.7 Å². The highest BCUT2D eigenvalue weighted by Crippen LogP contribution is 2.27. The minimum absolute atomic E-state index is 0.258. The molecule has 0 spiro atoms. The van der Waals surface area contributed by atoms with E-state index in [-0.39, 0.29) is 16.9 Å². The molecule has 8 nitrogen and oxygen atoms in total. The molecule has 8 heteroatoms. The predicted molar refractivity (Wildman–Crippen MR) is 89.9 cm³/mol. The third-order valence-electron chi connectivity index (χ3n) is 3.61. The van der Waals surface area contributed by atoms with Gasteiger partial charge in [0.2, 0.25) is 5.91 Å². The lowest BCUT2D eigenvalue weighted by Gasteiger charge is -2.16. The molecule has 124 valence electrons. The highest BCUT2D eigenvalue weighted by Gasteiger charge is 2.17. The molecule has 0 aliphatic carbocycles. The maximum Gasteiger partial charge on any atom is 0.332 e. The molecule has 0 saturated heterocycles. The van der Waals surface area contributed by atoms with Crippen molar-refractivity contribution in [1.29, 1.82) is 0 Å². The highest BCUT2D eigenvalue weighted by atomic mass is 16.2. The molecule has 0 aliphatic rings. The van der Waals surface area contributed by atoms with Crippen LogP contribution in [0, 0.1) is 0 Å². The van der Waals surface area contributed by atoms with Gasteiger partial charge in [-0.25, -0.2) is 9.78 Å². The topological polar surface area (TPSA) is 98.0 Å². The number of rotatable bonds is 5. The molecule has 0 unspecified atom stereocenters. The van der Waals surface area contributed by atoms with Gasteiger partial charge in [0, 0.05) is 27.6 Å². The van der Waals surface area contributed by atoms with Crippen LogP contribution in [0.2, 0.25) is 0 Å². The summed E-state index contributed by atoms with van der Waals surface area (Å²) in [5.41, 5.74) is 0.321. The molecule has 23 heavy (non-hydrogen) atoms. The Morgan fingerprint density at radius 3 is 2.57 bits per heavy atom. The Kier molecular flexibility index (Phi) is 4.83. The zero-order valence-corrected chi connectivity index (χ0v) is 13.8. The average Bonchev–Trinajstić information content (AvgIpc) is 2.51. The van der Waals surface area contributed by atoms with E-state index in [0.29, 0.717) is 17.9 Å². The van der Waals surface area contributed by atoms with Crippen LogP contribution < -0.4 is 21.9 Å². The average molecular weight is 319 g/mol. The molecule has 0 aromatic carbocycles. The van der Waals surface area contributed by atoms with Crippen molar-refractivity contribution in [1.82, 2.24) is 14.1 Å². The van der Waals surface area contributed by atoms with E-state index >= 15 is 0 Å². The normalized spacial score (nSPS) is 10.8. The van der Waals surface area contributed by atoms with Gasteiger partial charge in [-0.05, 0) is 6.42 Å². The highest BCUT2D eigenvalue weighted by molar-refractivity contribution is 6.01. The number of aromatic nitrogens is 3. The number of nitrogens with one attached hydrogen (secondary N) is 2. The summed E-state index contributed by atoms with van der Waals surface area (Å²) < 4.78 is 2.35. The Balaban J connectivity index is 2.79. The van der Waals surface area contributed by atoms with Crippen molar-refractivity contribution in [3.05, 3.63) is 27.0 Å². The number of carbonyl (C=O) groups is 1. The van der Waals surface area contributed by atoms with Gasteiger partial charge in [0.05, 0.1) is 17.6 Å². The Morgan fingerprint density at radius 1 is 1.26 bits per heavy atom. The number of hydrogen-bond donors (Lipinski definition) is 2. The van der Waals surface area contributed by atoms with Crippen LogP contribution in [-0.2, 0) is 18.9 Å². The summed E-state index contributed by atoms with van der Waals surface area (Å²) in [5.74, 6) is -0.258. The molecule has 0 bridgehead atoms. The van der Waals surface area contributed by atoms with Crippen LogP contribution in [0.25, 0.3) is 11.0 Å². The Hall–Kier alpha value is -2.64. The van der Waals surface area contributed by atoms with Crippen molar-refractivity contribution in [3.8, 4) is 0 Å². The van der Waals surface area contributed by atoms with E-state index in [4.69, 9.17) is 0 Å². The van der Waals surface area contributed by atoms with Gasteiger partial charge in [-0.2, -0.15) is 0 Å². The number of pyridine rings is 1. The molecule has 2 rings (SSSR count). The SMILES string of the molecule is CCCCNc1c(NC(C)=O)cnc2c1c(=O)n(C)c(=O)n2C. The molecular weight excluding hydrogens is 298 g/mol. The number of carbonyl (C=O) groups excluding carboxylic acids is 1. The molecule has 0 fully saturated rings. The Morgan fingerprint density at radius 2 is 1.96 bits per heavy atom. The van der Waals surface area contributed by atoms with Gasteiger partial charge in [0.1, 0.15) is 5.39 Å². The van der Waals surface area contributed by atoms with Gasteiger partial charge >= 0.3 is 5.69 Å². The molecule has 0 aliphatic heterocycles. The number of nitrogens with zero attached hydrogens (tertiary/aromatic N) is 3. The van der Waals surface area contributed by atoms with Crippen LogP contribution in [0.5, 0.6) is 0 Å². The summed E-state index contributed by atoms with van der Waals surface area (Å²) in [6.45, 7) is 4.09. The number of aryl methyl sites for hydroxylation is 1. The zero-order chi connectivity index (χ0) is 17.1. The fraction of sp³-hybridized carbons (Fsp3) is 0.467. The minimum Gasteiger partial charge on any atom is -0.383 e. The van der Waals surface area contributed by atoms with Gasteiger partial charge in [-0.3, -0.25) is 18.7 Å². The first kappa shape index (κ1) is 16.7. The summed E-state index contributed by atoms with van der Waals surface area (Å²) in [7, 11) is 2.98. The van der Waals surface area contributed by atoms with Crippen molar-refractivity contribution in [2.45, 2.75) is 26.7 Å².